The van der Waals surface area contributed by atoms with Crippen LogP contribution in [0.4, 0.5) is 0 Å². The molecule has 27 heavy (non-hydrogen) atoms. The van der Waals surface area contributed by atoms with E-state index in [0.717, 1.165) is 28.1 Å². The monoisotopic (exact) mass is 351 g/mol. The topological polar surface area (TPSA) is 50.8 Å². The lowest BCUT2D eigenvalue weighted by Gasteiger charge is -2.06. The van der Waals surface area contributed by atoms with Crippen molar-refractivity contribution in [1.29, 1.82) is 5.26 Å². The Kier molecular flexibility index (Phi) is 4.42. The molecule has 0 atom stereocenters. The van der Waals surface area contributed by atoms with Gasteiger partial charge in [-0.25, -0.2) is 4.98 Å². The van der Waals surface area contributed by atoms with Crippen LogP contribution in [0.2, 0.25) is 0 Å². The van der Waals surface area contributed by atoms with Crippen molar-refractivity contribution >= 4 is 22.7 Å². The molecule has 130 valence electrons. The van der Waals surface area contributed by atoms with Gasteiger partial charge in [-0.15, -0.1) is 0 Å². The largest absolute Gasteiger partial charge is 0.457 e. The van der Waals surface area contributed by atoms with Crippen LogP contribution in [0.3, 0.4) is 0 Å². The lowest BCUT2D eigenvalue weighted by molar-refractivity contribution is 0.482. The highest BCUT2D eigenvalue weighted by Gasteiger charge is 2.12. The Morgan fingerprint density at radius 1 is 0.963 bits per heavy atom. The third kappa shape index (κ3) is 3.44. The molecule has 0 aliphatic rings. The molecule has 0 saturated carbocycles. The molecule has 0 radical (unpaired) electrons. The lowest BCUT2D eigenvalue weighted by atomic mass is 10.1. The Hall–Kier alpha value is -3.84. The number of aryl methyl sites for hydroxylation is 1. The number of imidazole rings is 1. The summed E-state index contributed by atoms with van der Waals surface area (Å²) < 4.78 is 7.82. The number of para-hydroxylation sites is 3. The molecular weight excluding hydrogens is 334 g/mol. The van der Waals surface area contributed by atoms with E-state index in [4.69, 9.17) is 4.74 Å². The van der Waals surface area contributed by atoms with Gasteiger partial charge in [-0.1, -0.05) is 42.5 Å². The SMILES string of the molecule is Cn1c(/C(C#N)=C/c2cccc(Oc3ccccc3)c2)nc2ccccc21. The maximum absolute atomic E-state index is 9.69. The van der Waals surface area contributed by atoms with Crippen molar-refractivity contribution in [3.8, 4) is 17.6 Å². The third-order valence-electron chi connectivity index (χ3n) is 4.30. The normalized spacial score (nSPS) is 11.3. The number of nitrogens with zero attached hydrogens (tertiary/aromatic N) is 3. The van der Waals surface area contributed by atoms with Crippen LogP contribution in [0.15, 0.2) is 78.9 Å². The second-order valence-electron chi connectivity index (χ2n) is 6.14. The standard InChI is InChI=1S/C23H17N3O/c1-26-22-13-6-5-12-21(22)25-23(26)18(16-24)14-17-8-7-11-20(15-17)27-19-9-3-2-4-10-19/h2-15H,1H3/b18-14+. The van der Waals surface area contributed by atoms with E-state index in [1.807, 2.05) is 96.6 Å². The van der Waals surface area contributed by atoms with E-state index in [1.54, 1.807) is 0 Å². The van der Waals surface area contributed by atoms with Gasteiger partial charge in [0.25, 0.3) is 0 Å². The Labute approximate surface area is 157 Å². The van der Waals surface area contributed by atoms with Gasteiger partial charge >= 0.3 is 0 Å². The Bertz CT molecular complexity index is 1170. The maximum atomic E-state index is 9.69. The molecule has 0 aliphatic heterocycles. The van der Waals surface area contributed by atoms with Crippen molar-refractivity contribution in [2.75, 3.05) is 0 Å². The molecule has 4 aromatic rings. The van der Waals surface area contributed by atoms with E-state index < -0.39 is 0 Å². The lowest BCUT2D eigenvalue weighted by Crippen LogP contribution is -1.96. The van der Waals surface area contributed by atoms with E-state index in [1.165, 1.54) is 0 Å². The van der Waals surface area contributed by atoms with Crippen LogP contribution in [0, 0.1) is 11.3 Å². The van der Waals surface area contributed by atoms with Gasteiger partial charge in [-0.05, 0) is 48.0 Å². The molecule has 4 rings (SSSR count). The molecule has 4 nitrogen and oxygen atoms in total. The number of ether oxygens (including phenoxy) is 1. The molecule has 1 heterocycles. The van der Waals surface area contributed by atoms with Gasteiger partial charge in [0.15, 0.2) is 5.82 Å². The summed E-state index contributed by atoms with van der Waals surface area (Å²) in [4.78, 5) is 4.61. The van der Waals surface area contributed by atoms with Gasteiger partial charge in [0.1, 0.15) is 17.6 Å². The highest BCUT2D eigenvalue weighted by atomic mass is 16.5. The van der Waals surface area contributed by atoms with Crippen molar-refractivity contribution in [2.24, 2.45) is 7.05 Å². The van der Waals surface area contributed by atoms with Crippen LogP contribution < -0.4 is 4.74 Å². The number of aromatic nitrogens is 2. The average Bonchev–Trinajstić information content (AvgIpc) is 3.04. The summed E-state index contributed by atoms with van der Waals surface area (Å²) in [5.41, 5.74) is 3.25. The molecule has 1 aromatic heterocycles. The van der Waals surface area contributed by atoms with Gasteiger partial charge < -0.3 is 9.30 Å². The quantitative estimate of drug-likeness (QED) is 0.461. The first-order valence-electron chi connectivity index (χ1n) is 8.61. The van der Waals surface area contributed by atoms with Crippen LogP contribution in [0.5, 0.6) is 11.5 Å². The number of fused-ring (bicyclic) bond motifs is 1. The van der Waals surface area contributed by atoms with Crippen LogP contribution in [-0.4, -0.2) is 9.55 Å². The summed E-state index contributed by atoms with van der Waals surface area (Å²) >= 11 is 0. The number of hydrogen-bond acceptors (Lipinski definition) is 3. The van der Waals surface area contributed by atoms with Gasteiger partial charge in [0, 0.05) is 7.05 Å². The highest BCUT2D eigenvalue weighted by molar-refractivity contribution is 5.90. The fourth-order valence-electron chi connectivity index (χ4n) is 2.99. The van der Waals surface area contributed by atoms with Crippen molar-refractivity contribution < 1.29 is 4.74 Å². The first-order chi connectivity index (χ1) is 13.2. The van der Waals surface area contributed by atoms with Gasteiger partial charge in [0.05, 0.1) is 16.6 Å². The zero-order valence-corrected chi connectivity index (χ0v) is 14.8. The molecular formula is C23H17N3O. The van der Waals surface area contributed by atoms with Crippen molar-refractivity contribution in [3.63, 3.8) is 0 Å². The molecule has 3 aromatic carbocycles. The maximum Gasteiger partial charge on any atom is 0.151 e. The van der Waals surface area contributed by atoms with E-state index >= 15 is 0 Å². The predicted octanol–water partition coefficient (Wildman–Crippen LogP) is 5.43. The first-order valence-corrected chi connectivity index (χ1v) is 8.61. The minimum atomic E-state index is 0.505. The third-order valence-corrected chi connectivity index (χ3v) is 4.30. The summed E-state index contributed by atoms with van der Waals surface area (Å²) in [6.45, 7) is 0. The number of rotatable bonds is 4. The molecule has 0 amide bonds. The minimum Gasteiger partial charge on any atom is -0.457 e. The smallest absolute Gasteiger partial charge is 0.151 e. The summed E-state index contributed by atoms with van der Waals surface area (Å²) in [7, 11) is 1.92. The second-order valence-corrected chi connectivity index (χ2v) is 6.14. The van der Waals surface area contributed by atoms with Crippen LogP contribution >= 0.6 is 0 Å². The molecule has 4 heteroatoms. The zero-order chi connectivity index (χ0) is 18.6. The molecule has 0 N–H and O–H groups in total. The number of benzene rings is 3. The summed E-state index contributed by atoms with van der Waals surface area (Å²) in [6, 6.07) is 27.4. The zero-order valence-electron chi connectivity index (χ0n) is 14.8. The highest BCUT2D eigenvalue weighted by Crippen LogP contribution is 2.25. The van der Waals surface area contributed by atoms with Crippen LogP contribution in [0.25, 0.3) is 22.7 Å². The summed E-state index contributed by atoms with van der Waals surface area (Å²) in [6.07, 6.45) is 1.83. The molecule has 0 aliphatic carbocycles. The van der Waals surface area contributed by atoms with E-state index in [-0.39, 0.29) is 0 Å². The van der Waals surface area contributed by atoms with E-state index in [2.05, 4.69) is 11.1 Å². The molecule has 0 bridgehead atoms. The minimum absolute atomic E-state index is 0.505. The van der Waals surface area contributed by atoms with Crippen molar-refractivity contribution in [1.82, 2.24) is 9.55 Å². The second kappa shape index (κ2) is 7.19. The molecule has 0 fully saturated rings. The summed E-state index contributed by atoms with van der Waals surface area (Å²) in [5, 5.41) is 9.69. The summed E-state index contributed by atoms with van der Waals surface area (Å²) in [5.74, 6) is 2.14. The number of hydrogen-bond donors (Lipinski definition) is 0. The van der Waals surface area contributed by atoms with E-state index in [9.17, 15) is 5.26 Å². The van der Waals surface area contributed by atoms with Crippen molar-refractivity contribution in [3.05, 3.63) is 90.3 Å². The Morgan fingerprint density at radius 2 is 1.70 bits per heavy atom. The van der Waals surface area contributed by atoms with Crippen LogP contribution in [-0.2, 0) is 7.05 Å². The van der Waals surface area contributed by atoms with Crippen LogP contribution in [0.1, 0.15) is 11.4 Å². The van der Waals surface area contributed by atoms with Gasteiger partial charge in [-0.2, -0.15) is 5.26 Å². The van der Waals surface area contributed by atoms with Crippen molar-refractivity contribution in [2.45, 2.75) is 0 Å². The van der Waals surface area contributed by atoms with E-state index in [0.29, 0.717) is 11.4 Å². The molecule has 0 saturated heterocycles. The van der Waals surface area contributed by atoms with Gasteiger partial charge in [-0.3, -0.25) is 0 Å². The Balaban J connectivity index is 1.69. The Morgan fingerprint density at radius 3 is 2.48 bits per heavy atom. The number of nitriles is 1. The molecule has 0 unspecified atom stereocenters. The first kappa shape index (κ1) is 16.6. The average molecular weight is 351 g/mol. The fourth-order valence-corrected chi connectivity index (χ4v) is 2.99. The fraction of sp³-hybridized carbons (Fsp3) is 0.0435. The predicted molar refractivity (Wildman–Crippen MR) is 107 cm³/mol. The van der Waals surface area contributed by atoms with Gasteiger partial charge in [0.2, 0.25) is 0 Å². The molecule has 0 spiro atoms. The number of allylic oxidation sites excluding steroid dienone is 1.